The van der Waals surface area contributed by atoms with Crippen LogP contribution < -0.4 is 10.3 Å². The fraction of sp³-hybridized carbons (Fsp3) is 0.286. The SMILES string of the molecule is CCOC(=O)[C@@](Nc1ccccc1Cl)([C@H]1C(=O)N(c2ccccc2)N=C1C)C(F)(F)F. The number of nitrogens with one attached hydrogen (secondary N) is 1. The Kier molecular flexibility index (Phi) is 6.26. The van der Waals surface area contributed by atoms with Gasteiger partial charge >= 0.3 is 12.1 Å². The van der Waals surface area contributed by atoms with Crippen molar-refractivity contribution in [1.82, 2.24) is 0 Å². The van der Waals surface area contributed by atoms with E-state index >= 15 is 0 Å². The third-order valence-corrected chi connectivity index (χ3v) is 5.14. The van der Waals surface area contributed by atoms with E-state index in [0.29, 0.717) is 0 Å². The summed E-state index contributed by atoms with van der Waals surface area (Å²) in [6, 6.07) is 13.6. The first-order chi connectivity index (χ1) is 14.6. The maximum Gasteiger partial charge on any atom is 0.423 e. The smallest absolute Gasteiger partial charge is 0.423 e. The number of nitrogens with zero attached hydrogens (tertiary/aromatic N) is 2. The number of benzene rings is 2. The first-order valence-electron chi connectivity index (χ1n) is 9.34. The van der Waals surface area contributed by atoms with Gasteiger partial charge in [0.25, 0.3) is 5.91 Å². The summed E-state index contributed by atoms with van der Waals surface area (Å²) in [7, 11) is 0. The summed E-state index contributed by atoms with van der Waals surface area (Å²) in [5.41, 5.74) is -3.54. The molecular formula is C21H19ClF3N3O3. The third kappa shape index (κ3) is 3.97. The van der Waals surface area contributed by atoms with Gasteiger partial charge in [0.05, 0.1) is 28.7 Å². The van der Waals surface area contributed by atoms with Crippen LogP contribution in [0.15, 0.2) is 59.7 Å². The zero-order valence-corrected chi connectivity index (χ0v) is 17.4. The number of hydrogen-bond donors (Lipinski definition) is 1. The lowest BCUT2D eigenvalue weighted by Crippen LogP contribution is -2.66. The van der Waals surface area contributed by atoms with Gasteiger partial charge in [-0.25, -0.2) is 9.80 Å². The monoisotopic (exact) mass is 453 g/mol. The molecule has 10 heteroatoms. The minimum Gasteiger partial charge on any atom is -0.464 e. The molecule has 0 radical (unpaired) electrons. The first-order valence-corrected chi connectivity index (χ1v) is 9.72. The number of para-hydroxylation sites is 2. The zero-order valence-electron chi connectivity index (χ0n) is 16.6. The Morgan fingerprint density at radius 3 is 2.35 bits per heavy atom. The van der Waals surface area contributed by atoms with E-state index < -0.39 is 29.5 Å². The number of amides is 1. The van der Waals surface area contributed by atoms with E-state index in [1.54, 1.807) is 18.2 Å². The molecule has 0 spiro atoms. The molecule has 1 aliphatic rings. The molecule has 31 heavy (non-hydrogen) atoms. The minimum absolute atomic E-state index is 0.0552. The van der Waals surface area contributed by atoms with E-state index in [-0.39, 0.29) is 28.7 Å². The third-order valence-electron chi connectivity index (χ3n) is 4.82. The molecule has 1 amide bonds. The van der Waals surface area contributed by atoms with Gasteiger partial charge in [-0.3, -0.25) is 4.79 Å². The van der Waals surface area contributed by atoms with Crippen LogP contribution in [0, 0.1) is 5.92 Å². The number of anilines is 2. The summed E-state index contributed by atoms with van der Waals surface area (Å²) >= 11 is 6.06. The van der Waals surface area contributed by atoms with Crippen LogP contribution in [-0.2, 0) is 14.3 Å². The van der Waals surface area contributed by atoms with Crippen molar-refractivity contribution >= 4 is 40.6 Å². The maximum atomic E-state index is 14.7. The van der Waals surface area contributed by atoms with E-state index in [0.717, 1.165) is 5.01 Å². The fourth-order valence-corrected chi connectivity index (χ4v) is 3.61. The van der Waals surface area contributed by atoms with E-state index in [9.17, 15) is 22.8 Å². The highest BCUT2D eigenvalue weighted by Crippen LogP contribution is 2.45. The normalized spacial score (nSPS) is 18.4. The van der Waals surface area contributed by atoms with Crippen molar-refractivity contribution in [3.63, 3.8) is 0 Å². The lowest BCUT2D eigenvalue weighted by atomic mass is 9.79. The summed E-state index contributed by atoms with van der Waals surface area (Å²) in [5.74, 6) is -4.68. The van der Waals surface area contributed by atoms with Gasteiger partial charge < -0.3 is 10.1 Å². The lowest BCUT2D eigenvalue weighted by Gasteiger charge is -2.38. The number of rotatable bonds is 6. The second-order valence-electron chi connectivity index (χ2n) is 6.79. The van der Waals surface area contributed by atoms with Crippen LogP contribution in [0.4, 0.5) is 24.5 Å². The van der Waals surface area contributed by atoms with Gasteiger partial charge in [-0.15, -0.1) is 0 Å². The van der Waals surface area contributed by atoms with E-state index in [2.05, 4.69) is 10.4 Å². The predicted octanol–water partition coefficient (Wildman–Crippen LogP) is 4.66. The van der Waals surface area contributed by atoms with Crippen LogP contribution in [0.3, 0.4) is 0 Å². The Hall–Kier alpha value is -3.07. The van der Waals surface area contributed by atoms with Crippen molar-refractivity contribution in [3.05, 3.63) is 59.6 Å². The average Bonchev–Trinajstić information content (AvgIpc) is 3.02. The highest BCUT2D eigenvalue weighted by atomic mass is 35.5. The maximum absolute atomic E-state index is 14.7. The predicted molar refractivity (Wildman–Crippen MR) is 111 cm³/mol. The number of ether oxygens (including phenoxy) is 1. The molecule has 1 aliphatic heterocycles. The van der Waals surface area contributed by atoms with Gasteiger partial charge in [0.15, 0.2) is 0 Å². The molecule has 2 aromatic carbocycles. The molecule has 2 atom stereocenters. The standard InChI is InChI=1S/C21H19ClF3N3O3/c1-3-31-19(30)20(21(23,24)25,26-16-12-8-7-11-15(16)22)17-13(2)27-28(18(17)29)14-9-5-4-6-10-14/h4-12,17,26H,3H2,1-2H3/t17-,20+/m1/s1. The molecule has 1 N–H and O–H groups in total. The van der Waals surface area contributed by atoms with Crippen LogP contribution in [-0.4, -0.2) is 35.9 Å². The summed E-state index contributed by atoms with van der Waals surface area (Å²) in [5, 5.41) is 7.03. The number of carbonyl (C=O) groups is 2. The van der Waals surface area contributed by atoms with Gasteiger partial charge in [-0.05, 0) is 38.1 Å². The van der Waals surface area contributed by atoms with Crippen LogP contribution in [0.1, 0.15) is 13.8 Å². The van der Waals surface area contributed by atoms with Crippen LogP contribution in [0.2, 0.25) is 5.02 Å². The number of carbonyl (C=O) groups excluding carboxylic acids is 2. The van der Waals surface area contributed by atoms with Gasteiger partial charge in [0.1, 0.15) is 5.92 Å². The molecule has 0 aliphatic carbocycles. The van der Waals surface area contributed by atoms with Crippen LogP contribution >= 0.6 is 11.6 Å². The molecule has 3 rings (SSSR count). The van der Waals surface area contributed by atoms with Crippen molar-refractivity contribution in [3.8, 4) is 0 Å². The number of halogens is 4. The molecular weight excluding hydrogens is 435 g/mol. The zero-order chi connectivity index (χ0) is 22.8. The van der Waals surface area contributed by atoms with Gasteiger partial charge in [-0.2, -0.15) is 18.3 Å². The molecule has 0 unspecified atom stereocenters. The molecule has 0 saturated heterocycles. The molecule has 0 saturated carbocycles. The second-order valence-corrected chi connectivity index (χ2v) is 7.20. The quantitative estimate of drug-likeness (QED) is 0.646. The molecule has 2 aromatic rings. The lowest BCUT2D eigenvalue weighted by molar-refractivity contribution is -0.206. The Bertz CT molecular complexity index is 1010. The highest BCUT2D eigenvalue weighted by Gasteiger charge is 2.70. The molecule has 0 fully saturated rings. The highest BCUT2D eigenvalue weighted by molar-refractivity contribution is 6.33. The molecule has 1 heterocycles. The number of hydrazone groups is 1. The van der Waals surface area contributed by atoms with Crippen molar-refractivity contribution < 1.29 is 27.5 Å². The topological polar surface area (TPSA) is 71.0 Å². The number of hydrogen-bond acceptors (Lipinski definition) is 5. The van der Waals surface area contributed by atoms with Crippen molar-refractivity contribution in [2.75, 3.05) is 16.9 Å². The Morgan fingerprint density at radius 2 is 1.77 bits per heavy atom. The van der Waals surface area contributed by atoms with E-state index in [1.807, 2.05) is 0 Å². The largest absolute Gasteiger partial charge is 0.464 e. The van der Waals surface area contributed by atoms with Crippen molar-refractivity contribution in [2.24, 2.45) is 11.0 Å². The Labute approximate surface area is 181 Å². The second kappa shape index (κ2) is 8.58. The summed E-state index contributed by atoms with van der Waals surface area (Å²) in [6.45, 7) is 2.32. The van der Waals surface area contributed by atoms with E-state index in [1.165, 1.54) is 50.2 Å². The first kappa shape index (κ1) is 22.6. The molecule has 6 nitrogen and oxygen atoms in total. The van der Waals surface area contributed by atoms with Crippen molar-refractivity contribution in [2.45, 2.75) is 25.6 Å². The van der Waals surface area contributed by atoms with Gasteiger partial charge in [0.2, 0.25) is 5.54 Å². The van der Waals surface area contributed by atoms with Gasteiger partial charge in [0, 0.05) is 0 Å². The fourth-order valence-electron chi connectivity index (χ4n) is 3.43. The minimum atomic E-state index is -5.23. The van der Waals surface area contributed by atoms with Crippen LogP contribution in [0.25, 0.3) is 0 Å². The molecule has 0 aromatic heterocycles. The Balaban J connectivity index is 2.18. The van der Waals surface area contributed by atoms with Crippen molar-refractivity contribution in [1.29, 1.82) is 0 Å². The van der Waals surface area contributed by atoms with Crippen LogP contribution in [0.5, 0.6) is 0 Å². The molecule has 0 bridgehead atoms. The number of esters is 1. The van der Waals surface area contributed by atoms with Gasteiger partial charge in [-0.1, -0.05) is 41.9 Å². The summed E-state index contributed by atoms with van der Waals surface area (Å²) < 4.78 is 48.8. The average molecular weight is 454 g/mol. The number of alkyl halides is 3. The summed E-state index contributed by atoms with van der Waals surface area (Å²) in [6.07, 6.45) is -5.23. The Morgan fingerprint density at radius 1 is 1.16 bits per heavy atom. The van der Waals surface area contributed by atoms with E-state index in [4.69, 9.17) is 16.3 Å². The summed E-state index contributed by atoms with van der Waals surface area (Å²) in [4.78, 5) is 26.1. The molecule has 164 valence electrons.